The number of benzene rings is 1. The van der Waals surface area contributed by atoms with Gasteiger partial charge in [-0.1, -0.05) is 0 Å². The molecule has 0 atom stereocenters. The molecule has 6 heteroatoms. The minimum absolute atomic E-state index is 0.00546. The first-order chi connectivity index (χ1) is 9.51. The van der Waals surface area contributed by atoms with Crippen molar-refractivity contribution in [3.05, 3.63) is 39.4 Å². The van der Waals surface area contributed by atoms with Gasteiger partial charge >= 0.3 is 0 Å². The van der Waals surface area contributed by atoms with Gasteiger partial charge in [-0.3, -0.25) is 14.9 Å². The number of nitriles is 1. The molecule has 6 nitrogen and oxygen atoms in total. The molecule has 1 aliphatic heterocycles. The van der Waals surface area contributed by atoms with E-state index in [1.807, 2.05) is 0 Å². The summed E-state index contributed by atoms with van der Waals surface area (Å²) in [5, 5.41) is 19.7. The Balaban J connectivity index is 2.18. The number of carbonyl (C=O) groups is 1. The monoisotopic (exact) mass is 273 g/mol. The summed E-state index contributed by atoms with van der Waals surface area (Å²) in [6.07, 6.45) is 1.33. The van der Waals surface area contributed by atoms with Crippen LogP contribution in [-0.4, -0.2) is 28.8 Å². The van der Waals surface area contributed by atoms with Crippen molar-refractivity contribution in [2.24, 2.45) is 5.92 Å². The number of aryl methyl sites for hydroxylation is 1. The summed E-state index contributed by atoms with van der Waals surface area (Å²) >= 11 is 0. The van der Waals surface area contributed by atoms with Crippen molar-refractivity contribution in [2.75, 3.05) is 13.1 Å². The molecule has 1 aliphatic rings. The van der Waals surface area contributed by atoms with Gasteiger partial charge in [0.05, 0.1) is 11.0 Å². The first-order valence-corrected chi connectivity index (χ1v) is 6.46. The summed E-state index contributed by atoms with van der Waals surface area (Å²) in [6.45, 7) is 2.78. The Morgan fingerprint density at radius 2 is 2.05 bits per heavy atom. The number of non-ortho nitro benzene ring substituents is 1. The molecule has 20 heavy (non-hydrogen) atoms. The predicted molar refractivity (Wildman–Crippen MR) is 72.1 cm³/mol. The summed E-state index contributed by atoms with van der Waals surface area (Å²) in [5.41, 5.74) is 0.960. The molecule has 0 aromatic heterocycles. The molecule has 1 amide bonds. The normalized spacial score (nSPS) is 15.7. The van der Waals surface area contributed by atoms with Crippen molar-refractivity contribution < 1.29 is 9.72 Å². The Kier molecular flexibility index (Phi) is 3.99. The van der Waals surface area contributed by atoms with Crippen LogP contribution in [-0.2, 0) is 0 Å². The second-order valence-corrected chi connectivity index (χ2v) is 5.01. The summed E-state index contributed by atoms with van der Waals surface area (Å²) in [7, 11) is 0. The zero-order valence-electron chi connectivity index (χ0n) is 11.2. The highest BCUT2D eigenvalue weighted by Gasteiger charge is 2.24. The minimum Gasteiger partial charge on any atom is -0.339 e. The molecular weight excluding hydrogens is 258 g/mol. The van der Waals surface area contributed by atoms with Crippen LogP contribution in [0.5, 0.6) is 0 Å². The van der Waals surface area contributed by atoms with Gasteiger partial charge < -0.3 is 4.90 Å². The van der Waals surface area contributed by atoms with Crippen LogP contribution in [0.15, 0.2) is 18.2 Å². The van der Waals surface area contributed by atoms with E-state index in [2.05, 4.69) is 6.07 Å². The molecule has 1 fully saturated rings. The maximum absolute atomic E-state index is 12.3. The van der Waals surface area contributed by atoms with Gasteiger partial charge in [0, 0.05) is 36.7 Å². The van der Waals surface area contributed by atoms with E-state index >= 15 is 0 Å². The molecule has 104 valence electrons. The molecule has 1 heterocycles. The second-order valence-electron chi connectivity index (χ2n) is 5.01. The number of hydrogen-bond acceptors (Lipinski definition) is 4. The van der Waals surface area contributed by atoms with E-state index < -0.39 is 4.92 Å². The van der Waals surface area contributed by atoms with Gasteiger partial charge in [0.25, 0.3) is 11.6 Å². The van der Waals surface area contributed by atoms with E-state index in [-0.39, 0.29) is 17.5 Å². The van der Waals surface area contributed by atoms with Crippen LogP contribution in [0, 0.1) is 34.3 Å². The third kappa shape index (κ3) is 2.94. The Morgan fingerprint density at radius 3 is 2.60 bits per heavy atom. The van der Waals surface area contributed by atoms with E-state index in [0.29, 0.717) is 37.1 Å². The molecule has 0 N–H and O–H groups in total. The number of likely N-dealkylation sites (tertiary alicyclic amines) is 1. The van der Waals surface area contributed by atoms with Crippen molar-refractivity contribution in [3.8, 4) is 6.07 Å². The lowest BCUT2D eigenvalue weighted by Gasteiger charge is -2.29. The minimum atomic E-state index is -0.494. The number of nitro groups is 1. The topological polar surface area (TPSA) is 87.2 Å². The van der Waals surface area contributed by atoms with Crippen LogP contribution in [0.4, 0.5) is 5.69 Å². The van der Waals surface area contributed by atoms with Gasteiger partial charge in [-0.2, -0.15) is 5.26 Å². The highest BCUT2D eigenvalue weighted by molar-refractivity contribution is 5.95. The van der Waals surface area contributed by atoms with Gasteiger partial charge in [0.2, 0.25) is 0 Å². The van der Waals surface area contributed by atoms with Gasteiger partial charge in [-0.05, 0) is 31.4 Å². The lowest BCUT2D eigenvalue weighted by molar-refractivity contribution is -0.384. The third-order valence-corrected chi connectivity index (χ3v) is 3.48. The van der Waals surface area contributed by atoms with Crippen molar-refractivity contribution in [3.63, 3.8) is 0 Å². The number of amides is 1. The lowest BCUT2D eigenvalue weighted by atomic mass is 9.98. The highest BCUT2D eigenvalue weighted by atomic mass is 16.6. The molecule has 0 radical (unpaired) electrons. The number of nitro benzene ring substituents is 1. The molecule has 0 aliphatic carbocycles. The molecular formula is C14H15N3O3. The van der Waals surface area contributed by atoms with Crippen LogP contribution in [0.3, 0.4) is 0 Å². The van der Waals surface area contributed by atoms with Crippen molar-refractivity contribution >= 4 is 11.6 Å². The zero-order chi connectivity index (χ0) is 14.7. The van der Waals surface area contributed by atoms with E-state index in [0.717, 1.165) is 0 Å². The molecule has 1 aromatic carbocycles. The number of carbonyl (C=O) groups excluding carboxylic acids is 1. The summed E-state index contributed by atoms with van der Waals surface area (Å²) in [6, 6.07) is 6.62. The molecule has 0 bridgehead atoms. The molecule has 0 spiro atoms. The summed E-state index contributed by atoms with van der Waals surface area (Å²) in [5.74, 6) is -0.195. The summed E-state index contributed by atoms with van der Waals surface area (Å²) < 4.78 is 0. The third-order valence-electron chi connectivity index (χ3n) is 3.48. The number of piperidine rings is 1. The SMILES string of the molecule is Cc1cc(C(=O)N2CCC(C#N)CC2)cc([N+](=O)[O-])c1. The maximum atomic E-state index is 12.3. The smallest absolute Gasteiger partial charge is 0.270 e. The zero-order valence-corrected chi connectivity index (χ0v) is 11.2. The quantitative estimate of drug-likeness (QED) is 0.611. The molecule has 1 aromatic rings. The number of nitrogens with zero attached hydrogens (tertiary/aromatic N) is 3. The molecule has 2 rings (SSSR count). The average molecular weight is 273 g/mol. The Bertz CT molecular complexity index is 584. The van der Waals surface area contributed by atoms with E-state index in [4.69, 9.17) is 5.26 Å². The van der Waals surface area contributed by atoms with E-state index in [9.17, 15) is 14.9 Å². The van der Waals surface area contributed by atoms with E-state index in [1.54, 1.807) is 17.9 Å². The Labute approximate surface area is 116 Å². The first-order valence-electron chi connectivity index (χ1n) is 6.46. The van der Waals surface area contributed by atoms with Gasteiger partial charge in [-0.15, -0.1) is 0 Å². The van der Waals surface area contributed by atoms with Crippen LogP contribution in [0.2, 0.25) is 0 Å². The van der Waals surface area contributed by atoms with Gasteiger partial charge in [-0.25, -0.2) is 0 Å². The Morgan fingerprint density at radius 1 is 1.40 bits per heavy atom. The highest BCUT2D eigenvalue weighted by Crippen LogP contribution is 2.21. The molecule has 0 unspecified atom stereocenters. The van der Waals surface area contributed by atoms with Crippen molar-refractivity contribution in [1.29, 1.82) is 5.26 Å². The van der Waals surface area contributed by atoms with Crippen molar-refractivity contribution in [2.45, 2.75) is 19.8 Å². The summed E-state index contributed by atoms with van der Waals surface area (Å²) in [4.78, 5) is 24.3. The van der Waals surface area contributed by atoms with Crippen LogP contribution >= 0.6 is 0 Å². The molecule has 1 saturated heterocycles. The van der Waals surface area contributed by atoms with Crippen LogP contribution in [0.1, 0.15) is 28.8 Å². The van der Waals surface area contributed by atoms with Crippen LogP contribution < -0.4 is 0 Å². The first kappa shape index (κ1) is 14.0. The Hall–Kier alpha value is -2.42. The fraction of sp³-hybridized carbons (Fsp3) is 0.429. The van der Waals surface area contributed by atoms with Crippen LogP contribution in [0.25, 0.3) is 0 Å². The van der Waals surface area contributed by atoms with Gasteiger partial charge in [0.1, 0.15) is 0 Å². The predicted octanol–water partition coefficient (Wildman–Crippen LogP) is 2.28. The number of rotatable bonds is 2. The van der Waals surface area contributed by atoms with Crippen molar-refractivity contribution in [1.82, 2.24) is 4.90 Å². The second kappa shape index (κ2) is 5.70. The maximum Gasteiger partial charge on any atom is 0.270 e. The number of hydrogen-bond donors (Lipinski definition) is 0. The molecule has 0 saturated carbocycles. The fourth-order valence-electron chi connectivity index (χ4n) is 2.39. The average Bonchev–Trinajstić information content (AvgIpc) is 2.46. The standard InChI is InChI=1S/C14H15N3O3/c1-10-6-12(8-13(7-10)17(19)20)14(18)16-4-2-11(9-15)3-5-16/h6-8,11H,2-5H2,1H3. The van der Waals surface area contributed by atoms with E-state index in [1.165, 1.54) is 12.1 Å². The van der Waals surface area contributed by atoms with Gasteiger partial charge in [0.15, 0.2) is 0 Å². The fourth-order valence-corrected chi connectivity index (χ4v) is 2.39. The lowest BCUT2D eigenvalue weighted by Crippen LogP contribution is -2.38. The largest absolute Gasteiger partial charge is 0.339 e.